The van der Waals surface area contributed by atoms with Crippen molar-refractivity contribution in [2.45, 2.75) is 25.4 Å². The molecule has 108 valence electrons. The highest BCUT2D eigenvalue weighted by Crippen LogP contribution is 2.22. The highest BCUT2D eigenvalue weighted by molar-refractivity contribution is 5.93. The number of rotatable bonds is 5. The molecule has 5 nitrogen and oxygen atoms in total. The maximum atomic E-state index is 13.4. The Kier molecular flexibility index (Phi) is 3.77. The average molecular weight is 286 g/mol. The lowest BCUT2D eigenvalue weighted by Crippen LogP contribution is -2.23. The van der Waals surface area contributed by atoms with E-state index in [1.165, 1.54) is 18.5 Å². The van der Waals surface area contributed by atoms with Gasteiger partial charge < -0.3 is 10.6 Å². The zero-order valence-electron chi connectivity index (χ0n) is 11.3. The number of benzene rings is 1. The predicted octanol–water partition coefficient (Wildman–Crippen LogP) is 2.12. The van der Waals surface area contributed by atoms with Crippen molar-refractivity contribution in [2.24, 2.45) is 0 Å². The van der Waals surface area contributed by atoms with E-state index in [2.05, 4.69) is 20.6 Å². The SMILES string of the molecule is O=C(NCc1ccccc1F)c1cnc(NC2CC2)nc1. The molecule has 1 aliphatic carbocycles. The monoisotopic (exact) mass is 286 g/mol. The molecule has 1 fully saturated rings. The quantitative estimate of drug-likeness (QED) is 0.883. The third-order valence-electron chi connectivity index (χ3n) is 3.22. The van der Waals surface area contributed by atoms with Crippen molar-refractivity contribution < 1.29 is 9.18 Å². The fourth-order valence-corrected chi connectivity index (χ4v) is 1.85. The molecule has 0 radical (unpaired) electrons. The maximum absolute atomic E-state index is 13.4. The highest BCUT2D eigenvalue weighted by Gasteiger charge is 2.21. The first kappa shape index (κ1) is 13.5. The summed E-state index contributed by atoms with van der Waals surface area (Å²) in [5.41, 5.74) is 0.798. The Morgan fingerprint density at radius 1 is 1.24 bits per heavy atom. The zero-order valence-corrected chi connectivity index (χ0v) is 11.3. The molecule has 3 rings (SSSR count). The van der Waals surface area contributed by atoms with Crippen LogP contribution < -0.4 is 10.6 Å². The van der Waals surface area contributed by atoms with Gasteiger partial charge in [0.25, 0.3) is 5.91 Å². The van der Waals surface area contributed by atoms with E-state index in [1.807, 2.05) is 0 Å². The molecule has 1 aromatic carbocycles. The summed E-state index contributed by atoms with van der Waals surface area (Å²) in [6, 6.07) is 6.80. The number of halogens is 1. The van der Waals surface area contributed by atoms with Crippen molar-refractivity contribution in [3.05, 3.63) is 53.6 Å². The van der Waals surface area contributed by atoms with Crippen LogP contribution in [0, 0.1) is 5.82 Å². The molecule has 21 heavy (non-hydrogen) atoms. The van der Waals surface area contributed by atoms with E-state index >= 15 is 0 Å². The van der Waals surface area contributed by atoms with Crippen molar-refractivity contribution in [2.75, 3.05) is 5.32 Å². The van der Waals surface area contributed by atoms with Crippen LogP contribution in [0.1, 0.15) is 28.8 Å². The molecule has 1 amide bonds. The number of carbonyl (C=O) groups excluding carboxylic acids is 1. The first-order valence-electron chi connectivity index (χ1n) is 6.82. The number of hydrogen-bond donors (Lipinski definition) is 2. The molecule has 1 saturated carbocycles. The third-order valence-corrected chi connectivity index (χ3v) is 3.22. The van der Waals surface area contributed by atoms with Gasteiger partial charge in [0, 0.05) is 30.5 Å². The fourth-order valence-electron chi connectivity index (χ4n) is 1.85. The van der Waals surface area contributed by atoms with Gasteiger partial charge in [-0.2, -0.15) is 0 Å². The molecule has 0 saturated heterocycles. The van der Waals surface area contributed by atoms with E-state index in [-0.39, 0.29) is 18.3 Å². The molecule has 2 aromatic rings. The summed E-state index contributed by atoms with van der Waals surface area (Å²) in [6.45, 7) is 0.133. The van der Waals surface area contributed by atoms with E-state index in [4.69, 9.17) is 0 Å². The van der Waals surface area contributed by atoms with Crippen molar-refractivity contribution >= 4 is 11.9 Å². The number of nitrogens with one attached hydrogen (secondary N) is 2. The largest absolute Gasteiger partial charge is 0.351 e. The number of anilines is 1. The van der Waals surface area contributed by atoms with Crippen molar-refractivity contribution in [1.82, 2.24) is 15.3 Å². The van der Waals surface area contributed by atoms with E-state index in [0.29, 0.717) is 23.1 Å². The van der Waals surface area contributed by atoms with Gasteiger partial charge in [-0.05, 0) is 18.9 Å². The van der Waals surface area contributed by atoms with Crippen LogP contribution in [-0.2, 0) is 6.54 Å². The van der Waals surface area contributed by atoms with Crippen LogP contribution >= 0.6 is 0 Å². The maximum Gasteiger partial charge on any atom is 0.254 e. The van der Waals surface area contributed by atoms with Crippen molar-refractivity contribution in [1.29, 1.82) is 0 Å². The van der Waals surface area contributed by atoms with Gasteiger partial charge in [-0.15, -0.1) is 0 Å². The number of amides is 1. The molecular weight excluding hydrogens is 271 g/mol. The zero-order chi connectivity index (χ0) is 14.7. The van der Waals surface area contributed by atoms with Gasteiger partial charge in [-0.25, -0.2) is 14.4 Å². The minimum absolute atomic E-state index is 0.133. The Labute approximate surface area is 121 Å². The molecule has 1 heterocycles. The van der Waals surface area contributed by atoms with Crippen molar-refractivity contribution in [3.8, 4) is 0 Å². The third kappa shape index (κ3) is 3.53. The summed E-state index contributed by atoms with van der Waals surface area (Å²) in [5.74, 6) is -0.127. The second-order valence-electron chi connectivity index (χ2n) is 4.99. The first-order valence-corrected chi connectivity index (χ1v) is 6.82. The van der Waals surface area contributed by atoms with Crippen molar-refractivity contribution in [3.63, 3.8) is 0 Å². The summed E-state index contributed by atoms with van der Waals surface area (Å²) in [7, 11) is 0. The molecule has 0 spiro atoms. The lowest BCUT2D eigenvalue weighted by molar-refractivity contribution is 0.0950. The van der Waals surface area contributed by atoms with Gasteiger partial charge in [0.1, 0.15) is 5.82 Å². The molecule has 1 aliphatic rings. The summed E-state index contributed by atoms with van der Waals surface area (Å²) in [5, 5.41) is 5.79. The van der Waals surface area contributed by atoms with Gasteiger partial charge >= 0.3 is 0 Å². The van der Waals surface area contributed by atoms with Gasteiger partial charge in [0.2, 0.25) is 5.95 Å². The fraction of sp³-hybridized carbons (Fsp3) is 0.267. The topological polar surface area (TPSA) is 66.9 Å². The summed E-state index contributed by atoms with van der Waals surface area (Å²) >= 11 is 0. The lowest BCUT2D eigenvalue weighted by atomic mass is 10.2. The molecule has 0 atom stereocenters. The van der Waals surface area contributed by atoms with Crippen LogP contribution in [-0.4, -0.2) is 21.9 Å². The number of hydrogen-bond acceptors (Lipinski definition) is 4. The van der Waals surface area contributed by atoms with Gasteiger partial charge in [0.15, 0.2) is 0 Å². The smallest absolute Gasteiger partial charge is 0.254 e. The molecule has 6 heteroatoms. The molecule has 2 N–H and O–H groups in total. The highest BCUT2D eigenvalue weighted by atomic mass is 19.1. The Balaban J connectivity index is 1.58. The standard InChI is InChI=1S/C15H15FN4O/c16-13-4-2-1-3-10(13)7-17-14(21)11-8-18-15(19-9-11)20-12-5-6-12/h1-4,8-9,12H,5-7H2,(H,17,21)(H,18,19,20). The van der Waals surface area contributed by atoms with E-state index in [1.54, 1.807) is 18.2 Å². The molecular formula is C15H15FN4O. The van der Waals surface area contributed by atoms with Gasteiger partial charge in [-0.3, -0.25) is 4.79 Å². The van der Waals surface area contributed by atoms with Gasteiger partial charge in [0.05, 0.1) is 5.56 Å². The first-order chi connectivity index (χ1) is 10.2. The Hall–Kier alpha value is -2.50. The second-order valence-corrected chi connectivity index (χ2v) is 4.99. The van der Waals surface area contributed by atoms with Crippen LogP contribution in [0.4, 0.5) is 10.3 Å². The summed E-state index contributed by atoms with van der Waals surface area (Å²) in [4.78, 5) is 20.1. The van der Waals surface area contributed by atoms with Crippen LogP contribution in [0.3, 0.4) is 0 Å². The summed E-state index contributed by atoms with van der Waals surface area (Å²) in [6.07, 6.45) is 5.20. The molecule has 1 aromatic heterocycles. The predicted molar refractivity (Wildman–Crippen MR) is 76.2 cm³/mol. The lowest BCUT2D eigenvalue weighted by Gasteiger charge is -2.07. The van der Waals surface area contributed by atoms with Crippen LogP contribution in [0.2, 0.25) is 0 Å². The normalized spacial score (nSPS) is 13.8. The average Bonchev–Trinajstić information content (AvgIpc) is 3.31. The Morgan fingerprint density at radius 3 is 2.62 bits per heavy atom. The number of carbonyl (C=O) groups is 1. The van der Waals surface area contributed by atoms with Crippen LogP contribution in [0.5, 0.6) is 0 Å². The van der Waals surface area contributed by atoms with Crippen LogP contribution in [0.25, 0.3) is 0 Å². The molecule has 0 bridgehead atoms. The summed E-state index contributed by atoms with van der Waals surface area (Å²) < 4.78 is 13.4. The Bertz CT molecular complexity index is 640. The minimum atomic E-state index is -0.335. The van der Waals surface area contributed by atoms with E-state index < -0.39 is 0 Å². The van der Waals surface area contributed by atoms with Crippen LogP contribution in [0.15, 0.2) is 36.7 Å². The number of nitrogens with zero attached hydrogens (tertiary/aromatic N) is 2. The van der Waals surface area contributed by atoms with Gasteiger partial charge in [-0.1, -0.05) is 18.2 Å². The Morgan fingerprint density at radius 2 is 1.95 bits per heavy atom. The minimum Gasteiger partial charge on any atom is -0.351 e. The second kappa shape index (κ2) is 5.87. The van der Waals surface area contributed by atoms with E-state index in [9.17, 15) is 9.18 Å². The molecule has 0 unspecified atom stereocenters. The number of aromatic nitrogens is 2. The molecule has 0 aliphatic heterocycles. The van der Waals surface area contributed by atoms with E-state index in [0.717, 1.165) is 12.8 Å².